The SMILES string of the molecule is CCNC(=O)C1CCN(C(=O)[C@@H](N)CCSC)CC1. The molecule has 1 rings (SSSR count). The fourth-order valence-electron chi connectivity index (χ4n) is 2.28. The number of thioether (sulfide) groups is 1. The van der Waals surface area contributed by atoms with Crippen LogP contribution in [0.2, 0.25) is 0 Å². The smallest absolute Gasteiger partial charge is 0.239 e. The number of piperidine rings is 1. The number of carbonyl (C=O) groups excluding carboxylic acids is 2. The first-order valence-corrected chi connectivity index (χ1v) is 8.30. The molecule has 5 nitrogen and oxygen atoms in total. The molecule has 1 heterocycles. The van der Waals surface area contributed by atoms with Crippen molar-refractivity contribution in [2.24, 2.45) is 11.7 Å². The molecule has 0 radical (unpaired) electrons. The zero-order valence-corrected chi connectivity index (χ0v) is 12.7. The van der Waals surface area contributed by atoms with Crippen LogP contribution < -0.4 is 11.1 Å². The Morgan fingerprint density at radius 3 is 2.58 bits per heavy atom. The highest BCUT2D eigenvalue weighted by Crippen LogP contribution is 2.18. The van der Waals surface area contributed by atoms with Crippen LogP contribution in [-0.2, 0) is 9.59 Å². The molecule has 2 amide bonds. The molecule has 0 aliphatic carbocycles. The molecule has 3 N–H and O–H groups in total. The third-order valence-electron chi connectivity index (χ3n) is 3.48. The summed E-state index contributed by atoms with van der Waals surface area (Å²) < 4.78 is 0. The van der Waals surface area contributed by atoms with E-state index >= 15 is 0 Å². The van der Waals surface area contributed by atoms with Gasteiger partial charge in [0.25, 0.3) is 0 Å². The van der Waals surface area contributed by atoms with Gasteiger partial charge in [-0.05, 0) is 38.2 Å². The van der Waals surface area contributed by atoms with Gasteiger partial charge in [0.2, 0.25) is 11.8 Å². The molecule has 1 aliphatic rings. The molecule has 6 heteroatoms. The topological polar surface area (TPSA) is 75.4 Å². The molecular weight excluding hydrogens is 262 g/mol. The van der Waals surface area contributed by atoms with E-state index < -0.39 is 6.04 Å². The minimum Gasteiger partial charge on any atom is -0.356 e. The van der Waals surface area contributed by atoms with Crippen molar-refractivity contribution in [2.75, 3.05) is 31.6 Å². The van der Waals surface area contributed by atoms with Gasteiger partial charge < -0.3 is 16.0 Å². The highest BCUT2D eigenvalue weighted by Gasteiger charge is 2.28. The zero-order valence-electron chi connectivity index (χ0n) is 11.9. The fraction of sp³-hybridized carbons (Fsp3) is 0.846. The Bertz CT molecular complexity index is 304. The summed E-state index contributed by atoms with van der Waals surface area (Å²) in [5.74, 6) is 1.10. The second-order valence-electron chi connectivity index (χ2n) is 4.88. The number of nitrogens with two attached hydrogens (primary N) is 1. The predicted octanol–water partition coefficient (Wildman–Crippen LogP) is 0.442. The van der Waals surface area contributed by atoms with E-state index in [1.807, 2.05) is 13.2 Å². The van der Waals surface area contributed by atoms with Crippen molar-refractivity contribution in [1.29, 1.82) is 0 Å². The van der Waals surface area contributed by atoms with Crippen LogP contribution in [0.25, 0.3) is 0 Å². The van der Waals surface area contributed by atoms with Gasteiger partial charge in [0.05, 0.1) is 6.04 Å². The number of hydrogen-bond donors (Lipinski definition) is 2. The Morgan fingerprint density at radius 1 is 1.42 bits per heavy atom. The van der Waals surface area contributed by atoms with Crippen LogP contribution in [0, 0.1) is 5.92 Å². The third kappa shape index (κ3) is 5.03. The summed E-state index contributed by atoms with van der Waals surface area (Å²) in [5.41, 5.74) is 5.89. The molecule has 1 aliphatic heterocycles. The summed E-state index contributed by atoms with van der Waals surface area (Å²) in [6.07, 6.45) is 4.21. The quantitative estimate of drug-likeness (QED) is 0.743. The molecule has 0 saturated carbocycles. The molecule has 1 fully saturated rings. The fourth-order valence-corrected chi connectivity index (χ4v) is 2.77. The van der Waals surface area contributed by atoms with Gasteiger partial charge in [0, 0.05) is 25.6 Å². The number of nitrogens with zero attached hydrogens (tertiary/aromatic N) is 1. The Hall–Kier alpha value is -0.750. The first kappa shape index (κ1) is 16.3. The van der Waals surface area contributed by atoms with E-state index in [1.165, 1.54) is 0 Å². The second kappa shape index (κ2) is 8.43. The number of hydrogen-bond acceptors (Lipinski definition) is 4. The maximum Gasteiger partial charge on any atom is 0.239 e. The summed E-state index contributed by atoms with van der Waals surface area (Å²) in [5, 5.41) is 2.84. The summed E-state index contributed by atoms with van der Waals surface area (Å²) in [6, 6.07) is -0.395. The number of rotatable bonds is 6. The third-order valence-corrected chi connectivity index (χ3v) is 4.12. The van der Waals surface area contributed by atoms with Gasteiger partial charge in [-0.2, -0.15) is 11.8 Å². The molecule has 0 aromatic rings. The predicted molar refractivity (Wildman–Crippen MR) is 79.0 cm³/mol. The van der Waals surface area contributed by atoms with Crippen LogP contribution in [-0.4, -0.2) is 54.4 Å². The monoisotopic (exact) mass is 287 g/mol. The van der Waals surface area contributed by atoms with Crippen LogP contribution in [0.15, 0.2) is 0 Å². The van der Waals surface area contributed by atoms with Crippen LogP contribution >= 0.6 is 11.8 Å². The highest BCUT2D eigenvalue weighted by atomic mass is 32.2. The maximum atomic E-state index is 12.1. The molecule has 0 aromatic heterocycles. The van der Waals surface area contributed by atoms with Crippen molar-refractivity contribution in [3.8, 4) is 0 Å². The number of amides is 2. The van der Waals surface area contributed by atoms with E-state index in [0.717, 1.165) is 25.0 Å². The van der Waals surface area contributed by atoms with Crippen LogP contribution in [0.4, 0.5) is 0 Å². The van der Waals surface area contributed by atoms with Crippen molar-refractivity contribution in [3.63, 3.8) is 0 Å². The lowest BCUT2D eigenvalue weighted by Gasteiger charge is -2.32. The summed E-state index contributed by atoms with van der Waals surface area (Å²) in [7, 11) is 0. The minimum atomic E-state index is -0.395. The van der Waals surface area contributed by atoms with Crippen molar-refractivity contribution in [3.05, 3.63) is 0 Å². The standard InChI is InChI=1S/C13H25N3O2S/c1-3-15-12(17)10-4-7-16(8-5-10)13(18)11(14)6-9-19-2/h10-11H,3-9,14H2,1-2H3,(H,15,17)/t11-/m0/s1. The van der Waals surface area contributed by atoms with Gasteiger partial charge in [-0.15, -0.1) is 0 Å². The van der Waals surface area contributed by atoms with Crippen molar-refractivity contribution in [1.82, 2.24) is 10.2 Å². The van der Waals surface area contributed by atoms with Crippen LogP contribution in [0.5, 0.6) is 0 Å². The minimum absolute atomic E-state index is 0.0309. The molecule has 19 heavy (non-hydrogen) atoms. The Balaban J connectivity index is 2.36. The molecular formula is C13H25N3O2S. The van der Waals surface area contributed by atoms with Gasteiger partial charge in [-0.1, -0.05) is 0 Å². The van der Waals surface area contributed by atoms with Crippen LogP contribution in [0.1, 0.15) is 26.2 Å². The number of carbonyl (C=O) groups is 2. The van der Waals surface area contributed by atoms with Gasteiger partial charge in [-0.3, -0.25) is 9.59 Å². The van der Waals surface area contributed by atoms with Gasteiger partial charge in [-0.25, -0.2) is 0 Å². The summed E-state index contributed by atoms with van der Waals surface area (Å²) in [4.78, 5) is 25.6. The molecule has 0 unspecified atom stereocenters. The Kier molecular flexibility index (Phi) is 7.23. The molecule has 1 atom stereocenters. The summed E-state index contributed by atoms with van der Waals surface area (Å²) in [6.45, 7) is 3.88. The summed E-state index contributed by atoms with van der Waals surface area (Å²) >= 11 is 1.70. The van der Waals surface area contributed by atoms with Crippen molar-refractivity contribution < 1.29 is 9.59 Å². The van der Waals surface area contributed by atoms with Gasteiger partial charge in [0.15, 0.2) is 0 Å². The van der Waals surface area contributed by atoms with E-state index in [2.05, 4.69) is 5.32 Å². The zero-order chi connectivity index (χ0) is 14.3. The van der Waals surface area contributed by atoms with Gasteiger partial charge in [0.1, 0.15) is 0 Å². The van der Waals surface area contributed by atoms with E-state index in [4.69, 9.17) is 5.73 Å². The maximum absolute atomic E-state index is 12.1. The van der Waals surface area contributed by atoms with Crippen LogP contribution in [0.3, 0.4) is 0 Å². The number of nitrogens with one attached hydrogen (secondary N) is 1. The van der Waals surface area contributed by atoms with E-state index in [-0.39, 0.29) is 17.7 Å². The second-order valence-corrected chi connectivity index (χ2v) is 5.87. The average Bonchev–Trinajstić information content (AvgIpc) is 2.44. The lowest BCUT2D eigenvalue weighted by molar-refractivity contribution is -0.136. The Labute approximate surface area is 119 Å². The molecule has 1 saturated heterocycles. The van der Waals surface area contributed by atoms with Crippen molar-refractivity contribution >= 4 is 23.6 Å². The molecule has 110 valence electrons. The lowest BCUT2D eigenvalue weighted by Crippen LogP contribution is -2.49. The largest absolute Gasteiger partial charge is 0.356 e. The Morgan fingerprint density at radius 2 is 2.05 bits per heavy atom. The molecule has 0 bridgehead atoms. The average molecular weight is 287 g/mol. The normalized spacial score (nSPS) is 18.2. The van der Waals surface area contributed by atoms with Crippen molar-refractivity contribution in [2.45, 2.75) is 32.2 Å². The molecule has 0 spiro atoms. The van der Waals surface area contributed by atoms with E-state index in [0.29, 0.717) is 19.6 Å². The number of likely N-dealkylation sites (tertiary alicyclic amines) is 1. The first-order chi connectivity index (χ1) is 9.10. The molecule has 0 aromatic carbocycles. The highest BCUT2D eigenvalue weighted by molar-refractivity contribution is 7.98. The van der Waals surface area contributed by atoms with E-state index in [9.17, 15) is 9.59 Å². The first-order valence-electron chi connectivity index (χ1n) is 6.91. The lowest BCUT2D eigenvalue weighted by atomic mass is 9.95. The van der Waals surface area contributed by atoms with Gasteiger partial charge >= 0.3 is 0 Å². The van der Waals surface area contributed by atoms with E-state index in [1.54, 1.807) is 16.7 Å².